The Labute approximate surface area is 116 Å². The maximum absolute atomic E-state index is 12.5. The third-order valence-electron chi connectivity index (χ3n) is 3.17. The number of likely N-dealkylation sites (N-methyl/N-ethyl adjacent to an activating group) is 2. The molecule has 5 nitrogen and oxygen atoms in total. The molecule has 0 unspecified atom stereocenters. The Balaban J connectivity index is 3.06. The molecule has 0 radical (unpaired) electrons. The van der Waals surface area contributed by atoms with E-state index in [2.05, 4.69) is 0 Å². The number of rotatable bonds is 6. The first-order valence-corrected chi connectivity index (χ1v) is 7.64. The van der Waals surface area contributed by atoms with E-state index in [0.29, 0.717) is 24.5 Å². The van der Waals surface area contributed by atoms with Crippen LogP contribution in [0.2, 0.25) is 0 Å². The van der Waals surface area contributed by atoms with Crippen LogP contribution < -0.4 is 5.73 Å². The first kappa shape index (κ1) is 16.1. The van der Waals surface area contributed by atoms with Crippen molar-refractivity contribution in [1.29, 1.82) is 0 Å². The summed E-state index contributed by atoms with van der Waals surface area (Å²) in [6.45, 7) is 3.29. The zero-order chi connectivity index (χ0) is 14.6. The number of hydrogen-bond acceptors (Lipinski definition) is 4. The Hall–Kier alpha value is -0.950. The molecule has 0 saturated heterocycles. The molecule has 6 heteroatoms. The van der Waals surface area contributed by atoms with E-state index in [9.17, 15) is 8.42 Å². The van der Waals surface area contributed by atoms with Gasteiger partial charge in [-0.15, -0.1) is 0 Å². The smallest absolute Gasteiger partial charge is 0.243 e. The van der Waals surface area contributed by atoms with Gasteiger partial charge in [-0.05, 0) is 38.2 Å². The molecule has 0 amide bonds. The maximum atomic E-state index is 12.5. The number of benzene rings is 1. The van der Waals surface area contributed by atoms with Crippen molar-refractivity contribution in [2.24, 2.45) is 5.73 Å². The molecule has 108 valence electrons. The summed E-state index contributed by atoms with van der Waals surface area (Å²) in [5.41, 5.74) is 7.22. The molecule has 1 rings (SSSR count). The Bertz CT molecular complexity index is 527. The summed E-state index contributed by atoms with van der Waals surface area (Å²) in [7, 11) is 1.99. The molecule has 0 aromatic heterocycles. The van der Waals surface area contributed by atoms with Crippen LogP contribution in [0.1, 0.15) is 11.1 Å². The molecule has 1 aromatic carbocycles. The second-order valence-electron chi connectivity index (χ2n) is 4.87. The van der Waals surface area contributed by atoms with Gasteiger partial charge in [-0.3, -0.25) is 0 Å². The van der Waals surface area contributed by atoms with Gasteiger partial charge < -0.3 is 10.6 Å². The van der Waals surface area contributed by atoms with Gasteiger partial charge in [0.05, 0.1) is 4.90 Å². The fraction of sp³-hybridized carbons (Fsp3) is 0.538. The molecule has 0 heterocycles. The van der Waals surface area contributed by atoms with Gasteiger partial charge in [-0.2, -0.15) is 4.31 Å². The summed E-state index contributed by atoms with van der Waals surface area (Å²) in [6.07, 6.45) is 0. The molecule has 0 aliphatic rings. The predicted molar refractivity (Wildman–Crippen MR) is 77.4 cm³/mol. The molecule has 0 aliphatic heterocycles. The molecular weight excluding hydrogens is 262 g/mol. The van der Waals surface area contributed by atoms with Crippen LogP contribution in [-0.2, 0) is 16.6 Å². The van der Waals surface area contributed by atoms with Crippen molar-refractivity contribution in [1.82, 2.24) is 9.21 Å². The molecule has 2 N–H and O–H groups in total. The lowest BCUT2D eigenvalue weighted by atomic mass is 10.1. The summed E-state index contributed by atoms with van der Waals surface area (Å²) in [4.78, 5) is 2.30. The second kappa shape index (κ2) is 6.47. The summed E-state index contributed by atoms with van der Waals surface area (Å²) >= 11 is 0. The van der Waals surface area contributed by atoms with Crippen LogP contribution in [0, 0.1) is 6.92 Å². The average molecular weight is 285 g/mol. The van der Waals surface area contributed by atoms with Crippen LogP contribution in [0.3, 0.4) is 0 Å². The van der Waals surface area contributed by atoms with E-state index in [-0.39, 0.29) is 0 Å². The minimum absolute atomic E-state index is 0.344. The normalized spacial score (nSPS) is 12.4. The van der Waals surface area contributed by atoms with E-state index in [1.807, 2.05) is 25.1 Å². The molecule has 0 spiro atoms. The highest BCUT2D eigenvalue weighted by Crippen LogP contribution is 2.21. The summed E-state index contributed by atoms with van der Waals surface area (Å²) in [6, 6.07) is 5.23. The quantitative estimate of drug-likeness (QED) is 0.833. The minimum Gasteiger partial charge on any atom is -0.326 e. The van der Waals surface area contributed by atoms with E-state index in [4.69, 9.17) is 5.73 Å². The number of nitrogens with two attached hydrogens (primary N) is 1. The van der Waals surface area contributed by atoms with E-state index in [1.54, 1.807) is 26.1 Å². The number of sulfonamides is 1. The van der Waals surface area contributed by atoms with Crippen molar-refractivity contribution in [3.05, 3.63) is 29.3 Å². The first-order chi connectivity index (χ1) is 8.80. The fourth-order valence-electron chi connectivity index (χ4n) is 1.79. The average Bonchev–Trinajstić information content (AvgIpc) is 2.35. The lowest BCUT2D eigenvalue weighted by molar-refractivity contribution is 0.358. The number of hydrogen-bond donors (Lipinski definition) is 1. The molecule has 19 heavy (non-hydrogen) atoms. The predicted octanol–water partition coefficient (Wildman–Crippen LogP) is 0.636. The number of nitrogens with zero attached hydrogens (tertiary/aromatic N) is 2. The molecular formula is C13H23N3O2S. The summed E-state index contributed by atoms with van der Waals surface area (Å²) < 4.78 is 26.4. The van der Waals surface area contributed by atoms with Gasteiger partial charge in [-0.1, -0.05) is 12.1 Å². The van der Waals surface area contributed by atoms with Crippen LogP contribution in [0.15, 0.2) is 23.1 Å². The highest BCUT2D eigenvalue weighted by atomic mass is 32.2. The molecule has 0 saturated carbocycles. The van der Waals surface area contributed by atoms with Gasteiger partial charge in [0.25, 0.3) is 0 Å². The minimum atomic E-state index is -3.45. The molecule has 0 fully saturated rings. The van der Waals surface area contributed by atoms with Gasteiger partial charge in [0, 0.05) is 26.7 Å². The third-order valence-corrected chi connectivity index (χ3v) is 5.17. The van der Waals surface area contributed by atoms with Crippen LogP contribution in [0.25, 0.3) is 0 Å². The summed E-state index contributed by atoms with van der Waals surface area (Å²) in [5, 5.41) is 0. The highest BCUT2D eigenvalue weighted by molar-refractivity contribution is 7.89. The van der Waals surface area contributed by atoms with E-state index >= 15 is 0 Å². The third kappa shape index (κ3) is 3.76. The molecule has 1 aromatic rings. The maximum Gasteiger partial charge on any atom is 0.243 e. The molecule has 0 atom stereocenters. The van der Waals surface area contributed by atoms with Crippen LogP contribution in [-0.4, -0.2) is 51.9 Å². The standard InChI is InChI=1S/C13H23N3O2S/c1-11-12(10-14)6-5-7-13(11)19(17,18)16(4)9-8-15(2)3/h5-7H,8-10,14H2,1-4H3. The Morgan fingerprint density at radius 2 is 1.79 bits per heavy atom. The zero-order valence-electron chi connectivity index (χ0n) is 12.0. The van der Waals surface area contributed by atoms with E-state index in [0.717, 1.165) is 11.1 Å². The fourth-order valence-corrected chi connectivity index (χ4v) is 3.22. The monoisotopic (exact) mass is 285 g/mol. The Kier molecular flexibility index (Phi) is 5.49. The van der Waals surface area contributed by atoms with Crippen molar-refractivity contribution in [2.45, 2.75) is 18.4 Å². The SMILES string of the molecule is Cc1c(CN)cccc1S(=O)(=O)N(C)CCN(C)C. The zero-order valence-corrected chi connectivity index (χ0v) is 12.9. The second-order valence-corrected chi connectivity index (χ2v) is 6.89. The lowest BCUT2D eigenvalue weighted by Gasteiger charge is -2.21. The van der Waals surface area contributed by atoms with Crippen molar-refractivity contribution >= 4 is 10.0 Å². The largest absolute Gasteiger partial charge is 0.326 e. The molecule has 0 bridgehead atoms. The van der Waals surface area contributed by atoms with Crippen molar-refractivity contribution in [3.8, 4) is 0 Å². The highest BCUT2D eigenvalue weighted by Gasteiger charge is 2.23. The van der Waals surface area contributed by atoms with Gasteiger partial charge in [0.1, 0.15) is 0 Å². The topological polar surface area (TPSA) is 66.6 Å². The van der Waals surface area contributed by atoms with E-state index < -0.39 is 10.0 Å². The lowest BCUT2D eigenvalue weighted by Crippen LogP contribution is -2.34. The first-order valence-electron chi connectivity index (χ1n) is 6.20. The Morgan fingerprint density at radius 1 is 1.16 bits per heavy atom. The molecule has 0 aliphatic carbocycles. The van der Waals surface area contributed by atoms with E-state index in [1.165, 1.54) is 4.31 Å². The van der Waals surface area contributed by atoms with Crippen molar-refractivity contribution in [2.75, 3.05) is 34.2 Å². The Morgan fingerprint density at radius 3 is 2.32 bits per heavy atom. The van der Waals surface area contributed by atoms with Crippen molar-refractivity contribution in [3.63, 3.8) is 0 Å². The van der Waals surface area contributed by atoms with Crippen LogP contribution >= 0.6 is 0 Å². The van der Waals surface area contributed by atoms with Gasteiger partial charge in [0.2, 0.25) is 10.0 Å². The van der Waals surface area contributed by atoms with Gasteiger partial charge in [0.15, 0.2) is 0 Å². The summed E-state index contributed by atoms with van der Waals surface area (Å²) in [5.74, 6) is 0. The van der Waals surface area contributed by atoms with Gasteiger partial charge >= 0.3 is 0 Å². The van der Waals surface area contributed by atoms with Crippen molar-refractivity contribution < 1.29 is 8.42 Å². The van der Waals surface area contributed by atoms with Crippen LogP contribution in [0.5, 0.6) is 0 Å². The van der Waals surface area contributed by atoms with Gasteiger partial charge in [-0.25, -0.2) is 8.42 Å². The van der Waals surface area contributed by atoms with Crippen LogP contribution in [0.4, 0.5) is 0 Å².